The minimum absolute atomic E-state index is 0.0148. The van der Waals surface area contributed by atoms with E-state index in [0.29, 0.717) is 25.2 Å². The Kier molecular flexibility index (Phi) is 4.83. The molecule has 3 heterocycles. The first-order chi connectivity index (χ1) is 14.9. The summed E-state index contributed by atoms with van der Waals surface area (Å²) in [5.41, 5.74) is 1.69. The van der Waals surface area contributed by atoms with Gasteiger partial charge in [-0.2, -0.15) is 13.2 Å². The number of imidazole rings is 1. The number of pyridine rings is 1. The number of rotatable bonds is 5. The lowest BCUT2D eigenvalue weighted by molar-refractivity contribution is -0.141. The summed E-state index contributed by atoms with van der Waals surface area (Å²) in [6, 6.07) is 10.3. The van der Waals surface area contributed by atoms with Crippen molar-refractivity contribution in [1.29, 1.82) is 0 Å². The van der Waals surface area contributed by atoms with Crippen molar-refractivity contribution < 1.29 is 18.0 Å². The number of halogens is 3. The molecule has 0 bridgehead atoms. The number of fused-ring (bicyclic) bond motifs is 1. The summed E-state index contributed by atoms with van der Waals surface area (Å²) < 4.78 is 38.0. The number of aromatic amines is 1. The van der Waals surface area contributed by atoms with Gasteiger partial charge in [0.2, 0.25) is 5.91 Å². The van der Waals surface area contributed by atoms with Crippen molar-refractivity contribution in [3.8, 4) is 0 Å². The van der Waals surface area contributed by atoms with Crippen LogP contribution < -0.4 is 10.2 Å². The van der Waals surface area contributed by atoms with Gasteiger partial charge in [-0.3, -0.25) is 4.79 Å². The molecule has 9 heteroatoms. The van der Waals surface area contributed by atoms with Crippen molar-refractivity contribution in [1.82, 2.24) is 20.3 Å². The standard InChI is InChI=1S/C22H22F3N5O/c23-22(24,25)19-6-5-15(11-26-19)30-8-7-14(12-30)27-20(31)10-13-9-16(13)21-28-17-3-1-2-4-18(17)29-21/h1-6,11,13-14,16H,7-10,12H2,(H,27,31)(H,28,29)/t13-,14+,16-/m0/s1. The van der Waals surface area contributed by atoms with E-state index in [1.807, 2.05) is 29.2 Å². The minimum atomic E-state index is -4.44. The smallest absolute Gasteiger partial charge is 0.368 e. The molecule has 162 valence electrons. The van der Waals surface area contributed by atoms with Gasteiger partial charge in [-0.25, -0.2) is 9.97 Å². The van der Waals surface area contributed by atoms with E-state index >= 15 is 0 Å². The molecule has 5 rings (SSSR count). The van der Waals surface area contributed by atoms with E-state index in [4.69, 9.17) is 0 Å². The van der Waals surface area contributed by atoms with E-state index in [0.717, 1.165) is 35.8 Å². The first-order valence-corrected chi connectivity index (χ1v) is 10.4. The molecule has 1 aliphatic carbocycles. The van der Waals surface area contributed by atoms with E-state index in [-0.39, 0.29) is 23.8 Å². The number of nitrogens with one attached hydrogen (secondary N) is 2. The van der Waals surface area contributed by atoms with Crippen LogP contribution >= 0.6 is 0 Å². The average molecular weight is 429 g/mol. The predicted octanol–water partition coefficient (Wildman–Crippen LogP) is 3.87. The molecule has 0 unspecified atom stereocenters. The maximum atomic E-state index is 12.7. The molecule has 1 aliphatic heterocycles. The second-order valence-corrected chi connectivity index (χ2v) is 8.34. The third-order valence-electron chi connectivity index (χ3n) is 6.09. The van der Waals surface area contributed by atoms with E-state index in [1.54, 1.807) is 0 Å². The van der Waals surface area contributed by atoms with Crippen LogP contribution in [-0.2, 0) is 11.0 Å². The van der Waals surface area contributed by atoms with Gasteiger partial charge in [-0.1, -0.05) is 12.1 Å². The summed E-state index contributed by atoms with van der Waals surface area (Å²) in [6.07, 6.45) is -1.04. The fourth-order valence-corrected chi connectivity index (χ4v) is 4.33. The molecule has 1 saturated heterocycles. The molecular formula is C22H22F3N5O. The fourth-order valence-electron chi connectivity index (χ4n) is 4.33. The molecule has 0 radical (unpaired) electrons. The maximum Gasteiger partial charge on any atom is 0.433 e. The lowest BCUT2D eigenvalue weighted by Gasteiger charge is -2.19. The summed E-state index contributed by atoms with van der Waals surface area (Å²) in [5.74, 6) is 1.54. The fraction of sp³-hybridized carbons (Fsp3) is 0.409. The van der Waals surface area contributed by atoms with Crippen LogP contribution in [0, 0.1) is 5.92 Å². The Hall–Kier alpha value is -3.10. The number of hydrogen-bond acceptors (Lipinski definition) is 4. The van der Waals surface area contributed by atoms with Crippen molar-refractivity contribution in [3.05, 3.63) is 54.1 Å². The molecule has 2 aromatic heterocycles. The number of nitrogens with zero attached hydrogens (tertiary/aromatic N) is 3. The van der Waals surface area contributed by atoms with Crippen molar-refractivity contribution in [2.45, 2.75) is 37.4 Å². The van der Waals surface area contributed by atoms with Crippen LogP contribution in [-0.4, -0.2) is 40.0 Å². The topological polar surface area (TPSA) is 73.9 Å². The minimum Gasteiger partial charge on any atom is -0.368 e. The Morgan fingerprint density at radius 1 is 1.23 bits per heavy atom. The van der Waals surface area contributed by atoms with Gasteiger partial charge in [0.25, 0.3) is 0 Å². The Bertz CT molecular complexity index is 1060. The molecule has 2 aliphatic rings. The van der Waals surface area contributed by atoms with Gasteiger partial charge in [0.15, 0.2) is 0 Å². The summed E-state index contributed by atoms with van der Waals surface area (Å²) >= 11 is 0. The monoisotopic (exact) mass is 429 g/mol. The summed E-state index contributed by atoms with van der Waals surface area (Å²) in [7, 11) is 0. The zero-order chi connectivity index (χ0) is 21.6. The largest absolute Gasteiger partial charge is 0.433 e. The highest BCUT2D eigenvalue weighted by molar-refractivity contribution is 5.78. The van der Waals surface area contributed by atoms with Crippen LogP contribution in [0.2, 0.25) is 0 Å². The van der Waals surface area contributed by atoms with Crippen LogP contribution in [0.1, 0.15) is 36.7 Å². The molecule has 2 fully saturated rings. The molecule has 1 aromatic carbocycles. The number of aromatic nitrogens is 3. The quantitative estimate of drug-likeness (QED) is 0.646. The van der Waals surface area contributed by atoms with Crippen LogP contribution in [0.4, 0.5) is 18.9 Å². The third kappa shape index (κ3) is 4.22. The molecule has 3 atom stereocenters. The number of alkyl halides is 3. The SMILES string of the molecule is O=C(C[C@@H]1C[C@@H]1c1nc2ccccc2[nH]1)N[C@@H]1CCN(c2ccc(C(F)(F)F)nc2)C1. The number of amides is 1. The van der Waals surface area contributed by atoms with Crippen LogP contribution in [0.15, 0.2) is 42.6 Å². The lowest BCUT2D eigenvalue weighted by atomic mass is 10.2. The Morgan fingerprint density at radius 3 is 2.81 bits per heavy atom. The van der Waals surface area contributed by atoms with E-state index in [2.05, 4.69) is 20.3 Å². The van der Waals surface area contributed by atoms with Crippen molar-refractivity contribution in [3.63, 3.8) is 0 Å². The van der Waals surface area contributed by atoms with Crippen LogP contribution in [0.5, 0.6) is 0 Å². The molecule has 2 N–H and O–H groups in total. The molecule has 3 aromatic rings. The number of H-pyrrole nitrogens is 1. The van der Waals surface area contributed by atoms with Crippen molar-refractivity contribution in [2.75, 3.05) is 18.0 Å². The molecular weight excluding hydrogens is 407 g/mol. The highest BCUT2D eigenvalue weighted by Gasteiger charge is 2.42. The number of hydrogen-bond donors (Lipinski definition) is 2. The molecule has 1 saturated carbocycles. The number of carbonyl (C=O) groups is 1. The maximum absolute atomic E-state index is 12.7. The summed E-state index contributed by atoms with van der Waals surface area (Å²) in [5, 5.41) is 3.07. The first-order valence-electron chi connectivity index (χ1n) is 10.4. The molecule has 0 spiro atoms. The van der Waals surface area contributed by atoms with Crippen LogP contribution in [0.3, 0.4) is 0 Å². The first kappa shape index (κ1) is 19.8. The predicted molar refractivity (Wildman–Crippen MR) is 110 cm³/mol. The van der Waals surface area contributed by atoms with Crippen molar-refractivity contribution >= 4 is 22.6 Å². The van der Waals surface area contributed by atoms with E-state index in [1.165, 1.54) is 12.3 Å². The number of carbonyl (C=O) groups excluding carboxylic acids is 1. The number of benzene rings is 1. The second kappa shape index (κ2) is 7.55. The Morgan fingerprint density at radius 2 is 2.06 bits per heavy atom. The lowest BCUT2D eigenvalue weighted by Crippen LogP contribution is -2.37. The van der Waals surface area contributed by atoms with Gasteiger partial charge in [0.1, 0.15) is 11.5 Å². The van der Waals surface area contributed by atoms with Crippen molar-refractivity contribution in [2.24, 2.45) is 5.92 Å². The normalized spacial score (nSPS) is 23.3. The zero-order valence-electron chi connectivity index (χ0n) is 16.7. The van der Waals surface area contributed by atoms with Gasteiger partial charge in [0, 0.05) is 31.5 Å². The Labute approximate surface area is 176 Å². The highest BCUT2D eigenvalue weighted by Crippen LogP contribution is 2.48. The zero-order valence-corrected chi connectivity index (χ0v) is 16.7. The second-order valence-electron chi connectivity index (χ2n) is 8.34. The molecule has 6 nitrogen and oxygen atoms in total. The average Bonchev–Trinajstić information content (AvgIpc) is 3.14. The summed E-state index contributed by atoms with van der Waals surface area (Å²) in [4.78, 5) is 25.9. The molecule has 31 heavy (non-hydrogen) atoms. The van der Waals surface area contributed by atoms with Gasteiger partial charge in [-0.15, -0.1) is 0 Å². The number of para-hydroxylation sites is 2. The van der Waals surface area contributed by atoms with Gasteiger partial charge < -0.3 is 15.2 Å². The van der Waals surface area contributed by atoms with Gasteiger partial charge in [0.05, 0.1) is 22.9 Å². The Balaban J connectivity index is 1.12. The highest BCUT2D eigenvalue weighted by atomic mass is 19.4. The van der Waals surface area contributed by atoms with Crippen LogP contribution in [0.25, 0.3) is 11.0 Å². The number of anilines is 1. The van der Waals surface area contributed by atoms with Gasteiger partial charge >= 0.3 is 6.18 Å². The van der Waals surface area contributed by atoms with Gasteiger partial charge in [-0.05, 0) is 43.0 Å². The van der Waals surface area contributed by atoms with E-state index < -0.39 is 11.9 Å². The molecule has 1 amide bonds. The third-order valence-corrected chi connectivity index (χ3v) is 6.09. The summed E-state index contributed by atoms with van der Waals surface area (Å²) in [6.45, 7) is 1.24. The van der Waals surface area contributed by atoms with E-state index in [9.17, 15) is 18.0 Å².